The number of amides is 1. The zero-order valence-corrected chi connectivity index (χ0v) is 14.1. The predicted molar refractivity (Wildman–Crippen MR) is 93.2 cm³/mol. The van der Waals surface area contributed by atoms with E-state index >= 15 is 0 Å². The lowest BCUT2D eigenvalue weighted by molar-refractivity contribution is -0.0290. The van der Waals surface area contributed by atoms with Crippen LogP contribution in [0.4, 0.5) is 0 Å². The minimum Gasteiger partial charge on any atom is -0.497 e. The smallest absolute Gasteiger partial charge is 0.253 e. The summed E-state index contributed by atoms with van der Waals surface area (Å²) in [5.74, 6) is 0.548. The SMILES string of the molecule is COc1cccc(C2(O)CCCN(C(=O)c3ccc(C#N)cc3)C2)c1. The number of methoxy groups -OCH3 is 1. The molecule has 0 aliphatic carbocycles. The molecular formula is C20H20N2O3. The van der Waals surface area contributed by atoms with Gasteiger partial charge in [0, 0.05) is 12.1 Å². The topological polar surface area (TPSA) is 73.6 Å². The van der Waals surface area contributed by atoms with Gasteiger partial charge in [-0.15, -0.1) is 0 Å². The number of rotatable bonds is 3. The molecule has 5 heteroatoms. The fourth-order valence-electron chi connectivity index (χ4n) is 3.23. The quantitative estimate of drug-likeness (QED) is 0.935. The zero-order chi connectivity index (χ0) is 17.9. The van der Waals surface area contributed by atoms with E-state index < -0.39 is 5.60 Å². The average Bonchev–Trinajstić information content (AvgIpc) is 2.67. The van der Waals surface area contributed by atoms with Crippen molar-refractivity contribution in [3.05, 3.63) is 65.2 Å². The monoisotopic (exact) mass is 336 g/mol. The van der Waals surface area contributed by atoms with Gasteiger partial charge in [-0.3, -0.25) is 4.79 Å². The molecule has 1 amide bonds. The maximum absolute atomic E-state index is 12.7. The standard InChI is InChI=1S/C20H20N2O3/c1-25-18-5-2-4-17(12-18)20(24)10-3-11-22(14-20)19(23)16-8-6-15(13-21)7-9-16/h2,4-9,12,24H,3,10-11,14H2,1H3. The van der Waals surface area contributed by atoms with Crippen LogP contribution in [-0.2, 0) is 5.60 Å². The van der Waals surface area contributed by atoms with Crippen molar-refractivity contribution in [2.24, 2.45) is 0 Å². The highest BCUT2D eigenvalue weighted by molar-refractivity contribution is 5.94. The van der Waals surface area contributed by atoms with E-state index in [4.69, 9.17) is 10.00 Å². The van der Waals surface area contributed by atoms with E-state index in [1.807, 2.05) is 30.3 Å². The van der Waals surface area contributed by atoms with Gasteiger partial charge in [0.05, 0.1) is 25.3 Å². The number of carbonyl (C=O) groups is 1. The third-order valence-electron chi connectivity index (χ3n) is 4.63. The summed E-state index contributed by atoms with van der Waals surface area (Å²) in [4.78, 5) is 14.4. The summed E-state index contributed by atoms with van der Waals surface area (Å²) in [6, 6.07) is 16.0. The van der Waals surface area contributed by atoms with Crippen LogP contribution in [0.3, 0.4) is 0 Å². The Labute approximate surface area is 147 Å². The van der Waals surface area contributed by atoms with E-state index in [9.17, 15) is 9.90 Å². The molecule has 3 rings (SSSR count). The molecular weight excluding hydrogens is 316 g/mol. The molecule has 25 heavy (non-hydrogen) atoms. The van der Waals surface area contributed by atoms with Gasteiger partial charge in [-0.25, -0.2) is 0 Å². The highest BCUT2D eigenvalue weighted by atomic mass is 16.5. The second-order valence-corrected chi connectivity index (χ2v) is 6.28. The molecule has 5 nitrogen and oxygen atoms in total. The van der Waals surface area contributed by atoms with Crippen LogP contribution >= 0.6 is 0 Å². The lowest BCUT2D eigenvalue weighted by Crippen LogP contribution is -2.48. The summed E-state index contributed by atoms with van der Waals surface area (Å²) in [5, 5.41) is 20.0. The number of hydrogen-bond acceptors (Lipinski definition) is 4. The molecule has 1 saturated heterocycles. The van der Waals surface area contributed by atoms with Crippen LogP contribution in [0, 0.1) is 11.3 Å². The molecule has 0 bridgehead atoms. The number of nitriles is 1. The van der Waals surface area contributed by atoms with Crippen molar-refractivity contribution in [1.29, 1.82) is 5.26 Å². The van der Waals surface area contributed by atoms with Crippen molar-refractivity contribution in [2.75, 3.05) is 20.2 Å². The first-order valence-corrected chi connectivity index (χ1v) is 8.22. The zero-order valence-electron chi connectivity index (χ0n) is 14.1. The molecule has 1 aliphatic rings. The number of β-amino-alcohol motifs (C(OH)–C–C–N with tert-alkyl or cyclic N) is 1. The fourth-order valence-corrected chi connectivity index (χ4v) is 3.23. The molecule has 1 unspecified atom stereocenters. The van der Waals surface area contributed by atoms with Crippen LogP contribution in [0.25, 0.3) is 0 Å². The molecule has 2 aromatic rings. The Kier molecular flexibility index (Phi) is 4.73. The van der Waals surface area contributed by atoms with Crippen LogP contribution in [0.1, 0.15) is 34.3 Å². The lowest BCUT2D eigenvalue weighted by atomic mass is 9.85. The highest BCUT2D eigenvalue weighted by Gasteiger charge is 2.37. The van der Waals surface area contributed by atoms with Gasteiger partial charge in [0.25, 0.3) is 5.91 Å². The van der Waals surface area contributed by atoms with Gasteiger partial charge in [0.2, 0.25) is 0 Å². The van der Waals surface area contributed by atoms with Crippen LogP contribution < -0.4 is 4.74 Å². The molecule has 1 atom stereocenters. The molecule has 0 spiro atoms. The second-order valence-electron chi connectivity index (χ2n) is 6.28. The van der Waals surface area contributed by atoms with Gasteiger partial charge in [0.1, 0.15) is 11.4 Å². The lowest BCUT2D eigenvalue weighted by Gasteiger charge is -2.39. The van der Waals surface area contributed by atoms with Crippen LogP contribution in [0.15, 0.2) is 48.5 Å². The van der Waals surface area contributed by atoms with Crippen molar-refractivity contribution in [2.45, 2.75) is 18.4 Å². The van der Waals surface area contributed by atoms with Gasteiger partial charge in [-0.05, 0) is 54.8 Å². The minimum absolute atomic E-state index is 0.134. The number of ether oxygens (including phenoxy) is 1. The normalized spacial score (nSPS) is 20.0. The number of benzene rings is 2. The van der Waals surface area contributed by atoms with E-state index in [-0.39, 0.29) is 12.5 Å². The van der Waals surface area contributed by atoms with Crippen LogP contribution in [0.2, 0.25) is 0 Å². The molecule has 0 saturated carbocycles. The molecule has 0 radical (unpaired) electrons. The summed E-state index contributed by atoms with van der Waals surface area (Å²) in [6.45, 7) is 0.837. The van der Waals surface area contributed by atoms with E-state index in [0.29, 0.717) is 29.8 Å². The van der Waals surface area contributed by atoms with Gasteiger partial charge < -0.3 is 14.7 Å². The summed E-state index contributed by atoms with van der Waals surface area (Å²) in [5.41, 5.74) is 0.704. The van der Waals surface area contributed by atoms with Crippen LogP contribution in [0.5, 0.6) is 5.75 Å². The molecule has 0 aromatic heterocycles. The van der Waals surface area contributed by atoms with Gasteiger partial charge in [-0.1, -0.05) is 12.1 Å². The largest absolute Gasteiger partial charge is 0.497 e. The summed E-state index contributed by atoms with van der Waals surface area (Å²) < 4.78 is 5.24. The number of carbonyl (C=O) groups excluding carboxylic acids is 1. The maximum atomic E-state index is 12.7. The molecule has 1 fully saturated rings. The Balaban J connectivity index is 1.82. The number of piperidine rings is 1. The van der Waals surface area contributed by atoms with Gasteiger partial charge >= 0.3 is 0 Å². The van der Waals surface area contributed by atoms with Crippen molar-refractivity contribution in [3.63, 3.8) is 0 Å². The number of aliphatic hydroxyl groups is 1. The number of nitrogens with zero attached hydrogens (tertiary/aromatic N) is 2. The van der Waals surface area contributed by atoms with Gasteiger partial charge in [-0.2, -0.15) is 5.26 Å². The third kappa shape index (κ3) is 3.49. The Morgan fingerprint density at radius 2 is 2.04 bits per heavy atom. The first-order chi connectivity index (χ1) is 12.1. The van der Waals surface area contributed by atoms with Crippen molar-refractivity contribution < 1.29 is 14.6 Å². The minimum atomic E-state index is -1.09. The summed E-state index contributed by atoms with van der Waals surface area (Å²) in [7, 11) is 1.59. The molecule has 1 N–H and O–H groups in total. The Bertz CT molecular complexity index is 810. The first kappa shape index (κ1) is 17.0. The maximum Gasteiger partial charge on any atom is 0.253 e. The number of hydrogen-bond donors (Lipinski definition) is 1. The second kappa shape index (κ2) is 6.96. The van der Waals surface area contributed by atoms with Crippen LogP contribution in [-0.4, -0.2) is 36.1 Å². The molecule has 1 heterocycles. The molecule has 128 valence electrons. The highest BCUT2D eigenvalue weighted by Crippen LogP contribution is 2.33. The summed E-state index contributed by atoms with van der Waals surface area (Å²) in [6.07, 6.45) is 1.31. The summed E-state index contributed by atoms with van der Waals surface area (Å²) >= 11 is 0. The Morgan fingerprint density at radius 1 is 1.28 bits per heavy atom. The Morgan fingerprint density at radius 3 is 2.72 bits per heavy atom. The van der Waals surface area contributed by atoms with E-state index in [0.717, 1.165) is 12.0 Å². The van der Waals surface area contributed by atoms with E-state index in [1.54, 1.807) is 36.3 Å². The average molecular weight is 336 g/mol. The number of likely N-dealkylation sites (tertiary alicyclic amines) is 1. The van der Waals surface area contributed by atoms with E-state index in [2.05, 4.69) is 0 Å². The fraction of sp³-hybridized carbons (Fsp3) is 0.300. The predicted octanol–water partition coefficient (Wildman–Crippen LogP) is 2.69. The van der Waals surface area contributed by atoms with Gasteiger partial charge in [0.15, 0.2) is 0 Å². The van der Waals surface area contributed by atoms with Crippen molar-refractivity contribution in [3.8, 4) is 11.8 Å². The Hall–Kier alpha value is -2.84. The molecule has 1 aliphatic heterocycles. The third-order valence-corrected chi connectivity index (χ3v) is 4.63. The first-order valence-electron chi connectivity index (χ1n) is 8.22. The van der Waals surface area contributed by atoms with E-state index in [1.165, 1.54) is 0 Å². The molecule has 2 aromatic carbocycles. The van der Waals surface area contributed by atoms with Crippen molar-refractivity contribution in [1.82, 2.24) is 4.90 Å². The van der Waals surface area contributed by atoms with Crippen molar-refractivity contribution >= 4 is 5.91 Å².